The Morgan fingerprint density at radius 3 is 2.58 bits per heavy atom. The van der Waals surface area contributed by atoms with Gasteiger partial charge in [-0.1, -0.05) is 42.5 Å². The van der Waals surface area contributed by atoms with Gasteiger partial charge >= 0.3 is 6.03 Å². The fourth-order valence-corrected chi connectivity index (χ4v) is 4.64. The molecule has 1 atom stereocenters. The number of carbonyl (C=O) groups is 1. The zero-order chi connectivity index (χ0) is 23.2. The van der Waals surface area contributed by atoms with Crippen LogP contribution in [0.4, 0.5) is 29.5 Å². The highest BCUT2D eigenvalue weighted by molar-refractivity contribution is 5.99. The first-order valence-electron chi connectivity index (χ1n) is 10.9. The highest BCUT2D eigenvalue weighted by Gasteiger charge is 2.40. The van der Waals surface area contributed by atoms with E-state index in [1.54, 1.807) is 29.2 Å². The van der Waals surface area contributed by atoms with Gasteiger partial charge in [-0.2, -0.15) is 0 Å². The molecule has 2 aliphatic heterocycles. The number of alkyl halides is 2. The van der Waals surface area contributed by atoms with Gasteiger partial charge in [0.25, 0.3) is 5.92 Å². The zero-order valence-electron chi connectivity index (χ0n) is 18.1. The Bertz CT molecular complexity index is 1220. The van der Waals surface area contributed by atoms with Crippen molar-refractivity contribution >= 4 is 17.5 Å². The molecule has 1 fully saturated rings. The first-order chi connectivity index (χ1) is 15.8. The number of anilines is 2. The van der Waals surface area contributed by atoms with Crippen LogP contribution in [0.2, 0.25) is 0 Å². The Balaban J connectivity index is 1.54. The molecule has 1 N–H and O–H groups in total. The van der Waals surface area contributed by atoms with Crippen LogP contribution in [0.25, 0.3) is 11.1 Å². The zero-order valence-corrected chi connectivity index (χ0v) is 18.1. The van der Waals surface area contributed by atoms with E-state index in [2.05, 4.69) is 10.3 Å². The number of urea groups is 1. The average Bonchev–Trinajstić information content (AvgIpc) is 3.34. The third-order valence-electron chi connectivity index (χ3n) is 6.37. The smallest absolute Gasteiger partial charge is 0.322 e. The van der Waals surface area contributed by atoms with Crippen molar-refractivity contribution in [1.82, 2.24) is 9.88 Å². The number of pyridine rings is 1. The lowest BCUT2D eigenvalue weighted by molar-refractivity contribution is 0.0257. The van der Waals surface area contributed by atoms with Crippen LogP contribution in [0.15, 0.2) is 60.8 Å². The van der Waals surface area contributed by atoms with Gasteiger partial charge in [-0.3, -0.25) is 0 Å². The van der Waals surface area contributed by atoms with Crippen molar-refractivity contribution in [2.45, 2.75) is 31.9 Å². The SMILES string of the molecule is CC1c2ccccc2CN1C(=O)Nc1c(-c2ccccc2F)ccnc1N1CCC(F)(F)C1. The summed E-state index contributed by atoms with van der Waals surface area (Å²) in [5.41, 5.74) is 3.01. The van der Waals surface area contributed by atoms with Crippen LogP contribution in [-0.2, 0) is 6.54 Å². The summed E-state index contributed by atoms with van der Waals surface area (Å²) in [7, 11) is 0. The Morgan fingerprint density at radius 2 is 1.85 bits per heavy atom. The van der Waals surface area contributed by atoms with Crippen LogP contribution >= 0.6 is 0 Å². The molecule has 170 valence electrons. The molecular formula is C25H23F3N4O. The van der Waals surface area contributed by atoms with Crippen molar-refractivity contribution in [2.24, 2.45) is 0 Å². The van der Waals surface area contributed by atoms with E-state index >= 15 is 0 Å². The first kappa shape index (κ1) is 21.3. The lowest BCUT2D eigenvalue weighted by atomic mass is 10.0. The number of amides is 2. The van der Waals surface area contributed by atoms with Crippen LogP contribution in [0.3, 0.4) is 0 Å². The highest BCUT2D eigenvalue weighted by Crippen LogP contribution is 2.40. The Hall–Kier alpha value is -3.55. The van der Waals surface area contributed by atoms with Crippen LogP contribution in [0.1, 0.15) is 30.5 Å². The number of rotatable bonds is 3. The molecule has 0 bridgehead atoms. The molecule has 2 aromatic carbocycles. The van der Waals surface area contributed by atoms with Gasteiger partial charge in [0.05, 0.1) is 18.3 Å². The quantitative estimate of drug-likeness (QED) is 0.543. The molecule has 2 amide bonds. The van der Waals surface area contributed by atoms with Crippen molar-refractivity contribution in [3.05, 3.63) is 77.7 Å². The van der Waals surface area contributed by atoms with Crippen molar-refractivity contribution in [3.63, 3.8) is 0 Å². The molecule has 1 aromatic heterocycles. The molecule has 3 heterocycles. The molecule has 0 saturated carbocycles. The second-order valence-electron chi connectivity index (χ2n) is 8.50. The summed E-state index contributed by atoms with van der Waals surface area (Å²) in [6.07, 6.45) is 1.15. The van der Waals surface area contributed by atoms with E-state index in [-0.39, 0.29) is 36.1 Å². The summed E-state index contributed by atoms with van der Waals surface area (Å²) in [4.78, 5) is 20.8. The number of hydrogen-bond acceptors (Lipinski definition) is 3. The maximum atomic E-state index is 14.7. The molecule has 2 aliphatic rings. The Morgan fingerprint density at radius 1 is 1.09 bits per heavy atom. The van der Waals surface area contributed by atoms with Crippen LogP contribution in [-0.4, -0.2) is 34.9 Å². The third-order valence-corrected chi connectivity index (χ3v) is 6.37. The maximum Gasteiger partial charge on any atom is 0.322 e. The first-order valence-corrected chi connectivity index (χ1v) is 10.9. The number of carbonyl (C=O) groups excluding carboxylic acids is 1. The third kappa shape index (κ3) is 3.90. The van der Waals surface area contributed by atoms with E-state index in [4.69, 9.17) is 0 Å². The molecular weight excluding hydrogens is 429 g/mol. The van der Waals surface area contributed by atoms with Crippen LogP contribution in [0, 0.1) is 5.82 Å². The number of fused-ring (bicyclic) bond motifs is 1. The van der Waals surface area contributed by atoms with E-state index in [1.807, 2.05) is 31.2 Å². The van der Waals surface area contributed by atoms with E-state index in [1.165, 1.54) is 17.2 Å². The second-order valence-corrected chi connectivity index (χ2v) is 8.50. The molecule has 0 aliphatic carbocycles. The van der Waals surface area contributed by atoms with Gasteiger partial charge in [0, 0.05) is 36.8 Å². The van der Waals surface area contributed by atoms with E-state index < -0.39 is 24.3 Å². The minimum Gasteiger partial charge on any atom is -0.349 e. The molecule has 3 aromatic rings. The van der Waals surface area contributed by atoms with Crippen molar-refractivity contribution in [1.29, 1.82) is 0 Å². The summed E-state index contributed by atoms with van der Waals surface area (Å²) in [5.74, 6) is -3.10. The van der Waals surface area contributed by atoms with Gasteiger partial charge in [0.2, 0.25) is 0 Å². The summed E-state index contributed by atoms with van der Waals surface area (Å²) in [5, 5.41) is 2.89. The number of nitrogens with zero attached hydrogens (tertiary/aromatic N) is 3. The predicted molar refractivity (Wildman–Crippen MR) is 121 cm³/mol. The van der Waals surface area contributed by atoms with E-state index in [0.717, 1.165) is 11.1 Å². The monoisotopic (exact) mass is 452 g/mol. The Labute approximate surface area is 189 Å². The number of nitrogens with one attached hydrogen (secondary N) is 1. The predicted octanol–water partition coefficient (Wildman–Crippen LogP) is 5.84. The topological polar surface area (TPSA) is 48.5 Å². The minimum atomic E-state index is -2.85. The Kier molecular flexibility index (Phi) is 5.23. The molecule has 8 heteroatoms. The number of hydrogen-bond donors (Lipinski definition) is 1. The average molecular weight is 452 g/mol. The van der Waals surface area contributed by atoms with Crippen molar-refractivity contribution in [2.75, 3.05) is 23.3 Å². The van der Waals surface area contributed by atoms with Gasteiger partial charge in [0.1, 0.15) is 5.82 Å². The normalized spacial score (nSPS) is 19.0. The van der Waals surface area contributed by atoms with Gasteiger partial charge in [-0.25, -0.2) is 22.9 Å². The van der Waals surface area contributed by atoms with Gasteiger partial charge in [0.15, 0.2) is 5.82 Å². The van der Waals surface area contributed by atoms with Crippen molar-refractivity contribution in [3.8, 4) is 11.1 Å². The molecule has 1 saturated heterocycles. The molecule has 5 nitrogen and oxygen atoms in total. The molecule has 5 rings (SSSR count). The standard InChI is InChI=1S/C25H23F3N4O/c1-16-18-7-3-2-6-17(18)14-32(16)24(33)30-22-20(19-8-4-5-9-21(19)26)10-12-29-23(22)31-13-11-25(27,28)15-31/h2-10,12,16H,11,13-15H2,1H3,(H,30,33). The molecule has 0 spiro atoms. The summed E-state index contributed by atoms with van der Waals surface area (Å²) in [6, 6.07) is 15.0. The summed E-state index contributed by atoms with van der Waals surface area (Å²) in [6.45, 7) is 1.95. The summed E-state index contributed by atoms with van der Waals surface area (Å²) < 4.78 is 42.7. The van der Waals surface area contributed by atoms with Crippen LogP contribution < -0.4 is 10.2 Å². The number of halogens is 3. The van der Waals surface area contributed by atoms with Gasteiger partial charge < -0.3 is 15.1 Å². The van der Waals surface area contributed by atoms with Gasteiger partial charge in [-0.15, -0.1) is 0 Å². The summed E-state index contributed by atoms with van der Waals surface area (Å²) >= 11 is 0. The minimum absolute atomic E-state index is 0.0924. The lowest BCUT2D eigenvalue weighted by Gasteiger charge is -2.26. The number of benzene rings is 2. The largest absolute Gasteiger partial charge is 0.349 e. The van der Waals surface area contributed by atoms with Gasteiger partial charge in [-0.05, 0) is 30.2 Å². The highest BCUT2D eigenvalue weighted by atomic mass is 19.3. The fraction of sp³-hybridized carbons (Fsp3) is 0.280. The van der Waals surface area contributed by atoms with E-state index in [0.29, 0.717) is 12.1 Å². The second kappa shape index (κ2) is 8.10. The van der Waals surface area contributed by atoms with Crippen molar-refractivity contribution < 1.29 is 18.0 Å². The number of aromatic nitrogens is 1. The molecule has 0 radical (unpaired) electrons. The van der Waals surface area contributed by atoms with E-state index in [9.17, 15) is 18.0 Å². The fourth-order valence-electron chi connectivity index (χ4n) is 4.64. The molecule has 1 unspecified atom stereocenters. The molecule has 33 heavy (non-hydrogen) atoms. The maximum absolute atomic E-state index is 14.7. The lowest BCUT2D eigenvalue weighted by Crippen LogP contribution is -2.34. The van der Waals surface area contributed by atoms with Crippen LogP contribution in [0.5, 0.6) is 0 Å².